The molecular formula is C20H19I2N5O2S. The fourth-order valence-electron chi connectivity index (χ4n) is 2.62. The lowest BCUT2D eigenvalue weighted by molar-refractivity contribution is -0.118. The molecule has 1 heterocycles. The maximum absolute atomic E-state index is 12.2. The number of rotatable bonds is 7. The zero-order valence-electron chi connectivity index (χ0n) is 16.3. The maximum Gasteiger partial charge on any atom is 0.250 e. The monoisotopic (exact) mass is 647 g/mol. The predicted octanol–water partition coefficient (Wildman–Crippen LogP) is 4.43. The van der Waals surface area contributed by atoms with Gasteiger partial charge >= 0.3 is 0 Å². The highest BCUT2D eigenvalue weighted by molar-refractivity contribution is 14.1. The van der Waals surface area contributed by atoms with Crippen molar-refractivity contribution in [1.82, 2.24) is 20.2 Å². The van der Waals surface area contributed by atoms with Crippen molar-refractivity contribution in [3.8, 4) is 17.1 Å². The first-order valence-electron chi connectivity index (χ1n) is 9.02. The summed E-state index contributed by atoms with van der Waals surface area (Å²) in [5, 5.41) is 23.2. The molecule has 0 aliphatic carbocycles. The number of nitrogens with one attached hydrogen (secondary N) is 1. The maximum atomic E-state index is 12.2. The highest BCUT2D eigenvalue weighted by Crippen LogP contribution is 2.26. The number of aromatic hydroxyl groups is 1. The van der Waals surface area contributed by atoms with Crippen LogP contribution in [0.5, 0.6) is 5.75 Å². The van der Waals surface area contributed by atoms with Crippen molar-refractivity contribution < 1.29 is 9.90 Å². The summed E-state index contributed by atoms with van der Waals surface area (Å²) in [5.41, 5.74) is 5.21. The highest BCUT2D eigenvalue weighted by atomic mass is 127. The van der Waals surface area contributed by atoms with Crippen LogP contribution in [0, 0.1) is 14.1 Å². The Hall–Kier alpha value is -1.67. The van der Waals surface area contributed by atoms with E-state index >= 15 is 0 Å². The first-order chi connectivity index (χ1) is 14.4. The van der Waals surface area contributed by atoms with Crippen molar-refractivity contribution in [3.05, 3.63) is 54.7 Å². The molecule has 0 aliphatic rings. The van der Waals surface area contributed by atoms with Gasteiger partial charge in [-0.15, -0.1) is 10.2 Å². The van der Waals surface area contributed by atoms with Crippen LogP contribution < -0.4 is 5.43 Å². The number of aryl methyl sites for hydroxylation is 1. The number of carbonyl (C=O) groups is 1. The van der Waals surface area contributed by atoms with Crippen molar-refractivity contribution in [2.45, 2.75) is 25.5 Å². The molecule has 0 atom stereocenters. The lowest BCUT2D eigenvalue weighted by Crippen LogP contribution is -2.20. The molecule has 0 aliphatic heterocycles. The number of phenolic OH excluding ortho intramolecular Hbond substituents is 1. The van der Waals surface area contributed by atoms with Gasteiger partial charge in [0.1, 0.15) is 5.75 Å². The van der Waals surface area contributed by atoms with Crippen LogP contribution in [-0.2, 0) is 11.3 Å². The van der Waals surface area contributed by atoms with Crippen molar-refractivity contribution in [2.75, 3.05) is 5.75 Å². The zero-order chi connectivity index (χ0) is 21.7. The Balaban J connectivity index is 1.62. The molecule has 0 bridgehead atoms. The van der Waals surface area contributed by atoms with Gasteiger partial charge < -0.3 is 9.67 Å². The van der Waals surface area contributed by atoms with Gasteiger partial charge in [0.25, 0.3) is 5.91 Å². The summed E-state index contributed by atoms with van der Waals surface area (Å²) in [6, 6.07) is 11.8. The number of amides is 1. The average molecular weight is 647 g/mol. The number of phenols is 1. The van der Waals surface area contributed by atoms with E-state index in [-0.39, 0.29) is 17.4 Å². The van der Waals surface area contributed by atoms with E-state index in [0.29, 0.717) is 17.3 Å². The molecular weight excluding hydrogens is 628 g/mol. The lowest BCUT2D eigenvalue weighted by Gasteiger charge is -2.07. The highest BCUT2D eigenvalue weighted by Gasteiger charge is 2.14. The molecule has 0 saturated carbocycles. The van der Waals surface area contributed by atoms with E-state index < -0.39 is 0 Å². The topological polar surface area (TPSA) is 92.4 Å². The SMILES string of the molecule is CCn1c(SCC(=O)N/N=C\c2cc(I)cc(I)c2O)nnc1-c1ccc(C)cc1. The van der Waals surface area contributed by atoms with Crippen LogP contribution >= 0.6 is 56.9 Å². The normalized spacial score (nSPS) is 11.2. The predicted molar refractivity (Wildman–Crippen MR) is 136 cm³/mol. The van der Waals surface area contributed by atoms with E-state index in [1.165, 1.54) is 23.5 Å². The standard InChI is InChI=1S/C20H19I2N5O2S/c1-3-27-19(13-6-4-12(2)5-7-13)25-26-20(27)30-11-17(28)24-23-10-14-8-15(21)9-16(22)18(14)29/h4-10,29H,3,11H2,1-2H3,(H,24,28)/b23-10-. The molecule has 3 aromatic rings. The van der Waals surface area contributed by atoms with Crippen LogP contribution in [0.1, 0.15) is 18.1 Å². The Morgan fingerprint density at radius 3 is 2.70 bits per heavy atom. The molecule has 3 rings (SSSR count). The Morgan fingerprint density at radius 1 is 1.27 bits per heavy atom. The molecule has 0 unspecified atom stereocenters. The van der Waals surface area contributed by atoms with Crippen molar-refractivity contribution in [3.63, 3.8) is 0 Å². The molecule has 10 heteroatoms. The quantitative estimate of drug-likeness (QED) is 0.172. The van der Waals surface area contributed by atoms with E-state index in [0.717, 1.165) is 18.5 Å². The molecule has 0 fully saturated rings. The zero-order valence-corrected chi connectivity index (χ0v) is 21.4. The molecule has 2 N–H and O–H groups in total. The number of thioether (sulfide) groups is 1. The molecule has 0 radical (unpaired) electrons. The number of carbonyl (C=O) groups excluding carboxylic acids is 1. The number of hydrogen-bond donors (Lipinski definition) is 2. The molecule has 1 aromatic heterocycles. The Bertz CT molecular complexity index is 1080. The third-order valence-electron chi connectivity index (χ3n) is 4.13. The van der Waals surface area contributed by atoms with E-state index in [2.05, 4.69) is 65.9 Å². The fourth-order valence-corrected chi connectivity index (χ4v) is 5.30. The second-order valence-corrected chi connectivity index (χ2v) is 9.67. The minimum absolute atomic E-state index is 0.142. The lowest BCUT2D eigenvalue weighted by atomic mass is 10.1. The van der Waals surface area contributed by atoms with Gasteiger partial charge in [-0.1, -0.05) is 41.6 Å². The minimum atomic E-state index is -0.265. The third-order valence-corrected chi connectivity index (χ3v) is 6.54. The van der Waals surface area contributed by atoms with E-state index in [4.69, 9.17) is 0 Å². The average Bonchev–Trinajstić information content (AvgIpc) is 3.13. The summed E-state index contributed by atoms with van der Waals surface area (Å²) in [4.78, 5) is 12.2. The van der Waals surface area contributed by atoms with Gasteiger partial charge in [0.2, 0.25) is 0 Å². The molecule has 156 valence electrons. The molecule has 0 saturated heterocycles. The van der Waals surface area contributed by atoms with Gasteiger partial charge in [-0.3, -0.25) is 4.79 Å². The first-order valence-corrected chi connectivity index (χ1v) is 12.2. The van der Waals surface area contributed by atoms with E-state index in [9.17, 15) is 9.90 Å². The first kappa shape index (κ1) is 23.0. The van der Waals surface area contributed by atoms with Crippen LogP contribution in [-0.4, -0.2) is 37.7 Å². The van der Waals surface area contributed by atoms with Crippen LogP contribution in [0.2, 0.25) is 0 Å². The number of halogens is 2. The van der Waals surface area contributed by atoms with Gasteiger partial charge in [0.05, 0.1) is 15.5 Å². The number of nitrogens with zero attached hydrogens (tertiary/aromatic N) is 4. The summed E-state index contributed by atoms with van der Waals surface area (Å²) in [6.45, 7) is 4.75. The van der Waals surface area contributed by atoms with Crippen LogP contribution in [0.4, 0.5) is 0 Å². The summed E-state index contributed by atoms with van der Waals surface area (Å²) in [7, 11) is 0. The van der Waals surface area contributed by atoms with Gasteiger partial charge in [-0.25, -0.2) is 5.43 Å². The van der Waals surface area contributed by atoms with Crippen LogP contribution in [0.3, 0.4) is 0 Å². The van der Waals surface area contributed by atoms with Gasteiger partial charge in [0.15, 0.2) is 11.0 Å². The van der Waals surface area contributed by atoms with Crippen molar-refractivity contribution in [1.29, 1.82) is 0 Å². The van der Waals surface area contributed by atoms with E-state index in [1.807, 2.05) is 48.7 Å². The largest absolute Gasteiger partial charge is 0.506 e. The Morgan fingerprint density at radius 2 is 2.00 bits per heavy atom. The van der Waals surface area contributed by atoms with Crippen LogP contribution in [0.15, 0.2) is 46.7 Å². The van der Waals surface area contributed by atoms with Crippen LogP contribution in [0.25, 0.3) is 11.4 Å². The summed E-state index contributed by atoms with van der Waals surface area (Å²) in [5.74, 6) is 0.808. The molecule has 1 amide bonds. The smallest absolute Gasteiger partial charge is 0.250 e. The van der Waals surface area contributed by atoms with Crippen molar-refractivity contribution in [2.24, 2.45) is 5.10 Å². The van der Waals surface area contributed by atoms with Gasteiger partial charge in [-0.05, 0) is 71.2 Å². The van der Waals surface area contributed by atoms with Crippen molar-refractivity contribution >= 4 is 69.1 Å². The molecule has 0 spiro atoms. The molecule has 7 nitrogen and oxygen atoms in total. The number of hydrogen-bond acceptors (Lipinski definition) is 6. The summed E-state index contributed by atoms with van der Waals surface area (Å²) >= 11 is 5.52. The third kappa shape index (κ3) is 5.72. The van der Waals surface area contributed by atoms with E-state index in [1.54, 1.807) is 6.07 Å². The second-order valence-electron chi connectivity index (χ2n) is 6.32. The van der Waals surface area contributed by atoms with Gasteiger partial charge in [-0.2, -0.15) is 5.10 Å². The Labute approximate surface area is 206 Å². The second kappa shape index (κ2) is 10.6. The number of hydrazone groups is 1. The summed E-state index contributed by atoms with van der Waals surface area (Å²) in [6.07, 6.45) is 1.44. The molecule has 30 heavy (non-hydrogen) atoms. The number of aromatic nitrogens is 3. The molecule has 2 aromatic carbocycles. The Kier molecular flexibility index (Phi) is 8.11. The summed E-state index contributed by atoms with van der Waals surface area (Å²) < 4.78 is 3.69. The minimum Gasteiger partial charge on any atom is -0.506 e. The number of benzene rings is 2. The van der Waals surface area contributed by atoms with Gasteiger partial charge in [0, 0.05) is 21.2 Å². The fraction of sp³-hybridized carbons (Fsp3) is 0.200.